The summed E-state index contributed by atoms with van der Waals surface area (Å²) in [5, 5.41) is 3.12. The van der Waals surface area contributed by atoms with Gasteiger partial charge in [-0.15, -0.1) is 0 Å². The van der Waals surface area contributed by atoms with E-state index in [1.165, 1.54) is 16.7 Å². The van der Waals surface area contributed by atoms with Crippen LogP contribution in [0.1, 0.15) is 16.7 Å². The number of rotatable bonds is 2. The summed E-state index contributed by atoms with van der Waals surface area (Å²) in [5.41, 5.74) is 4.20. The van der Waals surface area contributed by atoms with Crippen molar-refractivity contribution >= 4 is 18.4 Å². The van der Waals surface area contributed by atoms with E-state index in [0.717, 1.165) is 0 Å². The van der Waals surface area contributed by atoms with Crippen LogP contribution in [-0.2, 0) is 21.7 Å². The Morgan fingerprint density at radius 1 is 0.857 bits per heavy atom. The molecule has 0 unspecified atom stereocenters. The molecular formula is C16H21Cl3SiTi. The molecule has 2 aromatic rings. The monoisotopic (exact) mass is 394 g/mol. The van der Waals surface area contributed by atoms with Crippen LogP contribution < -0.4 is 47.6 Å². The van der Waals surface area contributed by atoms with Crippen LogP contribution in [0.15, 0.2) is 36.4 Å². The Morgan fingerprint density at radius 3 is 1.71 bits per heavy atom. The van der Waals surface area contributed by atoms with E-state index in [0.29, 0.717) is 0 Å². The minimum atomic E-state index is -1.51. The molecule has 2 rings (SSSR count). The van der Waals surface area contributed by atoms with Crippen LogP contribution in [0.5, 0.6) is 0 Å². The van der Waals surface area contributed by atoms with Gasteiger partial charge in [-0.1, -0.05) is 54.5 Å². The Labute approximate surface area is 163 Å². The third-order valence-corrected chi connectivity index (χ3v) is 7.29. The molecule has 0 N–H and O–H groups in total. The standard InChI is InChI=1S/C16H21Si.3ClH.Ti/c1-12-9-13(2)11-15(10-12)17(4,5)16-8-6-7-14(16)3;;;;/h6-11H,1-5H3;3*1H;/q-1;;;;+4/p-3. The molecule has 0 amide bonds. The average Bonchev–Trinajstić information content (AvgIpc) is 2.63. The van der Waals surface area contributed by atoms with Crippen LogP contribution in [-0.4, -0.2) is 8.07 Å². The number of halogens is 3. The molecular weight excluding hydrogens is 374 g/mol. The van der Waals surface area contributed by atoms with Crippen molar-refractivity contribution in [3.05, 3.63) is 53.1 Å². The van der Waals surface area contributed by atoms with E-state index in [1.54, 1.807) is 10.4 Å². The van der Waals surface area contributed by atoms with E-state index in [2.05, 4.69) is 70.3 Å². The van der Waals surface area contributed by atoms with Crippen molar-refractivity contribution in [2.45, 2.75) is 33.9 Å². The summed E-state index contributed by atoms with van der Waals surface area (Å²) in [7, 11) is -1.51. The van der Waals surface area contributed by atoms with Crippen molar-refractivity contribution in [1.82, 2.24) is 0 Å². The van der Waals surface area contributed by atoms with Crippen LogP contribution in [0, 0.1) is 20.8 Å². The quantitative estimate of drug-likeness (QED) is 0.351. The van der Waals surface area contributed by atoms with Crippen molar-refractivity contribution in [1.29, 1.82) is 0 Å². The number of hydrogen-bond donors (Lipinski definition) is 0. The topological polar surface area (TPSA) is 0 Å². The fourth-order valence-electron chi connectivity index (χ4n) is 2.70. The second kappa shape index (κ2) is 10.2. The van der Waals surface area contributed by atoms with Gasteiger partial charge in [0.15, 0.2) is 0 Å². The fourth-order valence-corrected chi connectivity index (χ4v) is 5.77. The van der Waals surface area contributed by atoms with Crippen LogP contribution in [0.4, 0.5) is 0 Å². The van der Waals surface area contributed by atoms with E-state index < -0.39 is 8.07 Å². The molecule has 0 aliphatic heterocycles. The molecule has 0 aliphatic rings. The Kier molecular flexibility index (Phi) is 12.8. The third kappa shape index (κ3) is 5.82. The summed E-state index contributed by atoms with van der Waals surface area (Å²) in [6, 6.07) is 13.7. The van der Waals surface area contributed by atoms with Gasteiger partial charge in [0.1, 0.15) is 0 Å². The summed E-state index contributed by atoms with van der Waals surface area (Å²) in [6.45, 7) is 11.5. The normalized spacial score (nSPS) is 9.57. The second-order valence-corrected chi connectivity index (χ2v) is 9.99. The molecule has 0 aromatic heterocycles. The summed E-state index contributed by atoms with van der Waals surface area (Å²) in [4.78, 5) is 0. The van der Waals surface area contributed by atoms with Gasteiger partial charge in [-0.3, -0.25) is 0 Å². The van der Waals surface area contributed by atoms with Gasteiger partial charge < -0.3 is 37.2 Å². The molecule has 0 saturated heterocycles. The van der Waals surface area contributed by atoms with E-state index >= 15 is 0 Å². The van der Waals surface area contributed by atoms with Gasteiger partial charge in [-0.25, -0.2) is 12.1 Å². The third-order valence-electron chi connectivity index (χ3n) is 3.65. The van der Waals surface area contributed by atoms with Crippen molar-refractivity contribution in [2.24, 2.45) is 0 Å². The molecule has 0 radical (unpaired) electrons. The predicted molar refractivity (Wildman–Crippen MR) is 79.4 cm³/mol. The van der Waals surface area contributed by atoms with Gasteiger partial charge in [0, 0.05) is 0 Å². The molecule has 2 aromatic carbocycles. The minimum Gasteiger partial charge on any atom is -1.00 e. The zero-order chi connectivity index (χ0) is 12.6. The van der Waals surface area contributed by atoms with Gasteiger partial charge in [0.05, 0.1) is 8.07 Å². The first-order chi connectivity index (χ1) is 7.91. The molecule has 0 aliphatic carbocycles. The summed E-state index contributed by atoms with van der Waals surface area (Å²) < 4.78 is 0. The molecule has 0 atom stereocenters. The molecule has 0 nitrogen and oxygen atoms in total. The Bertz CT molecular complexity index is 530. The van der Waals surface area contributed by atoms with Crippen LogP contribution in [0.25, 0.3) is 0 Å². The van der Waals surface area contributed by atoms with Gasteiger partial charge in [0.25, 0.3) is 0 Å². The van der Waals surface area contributed by atoms with Gasteiger partial charge in [-0.2, -0.15) is 16.8 Å². The molecule has 0 saturated carbocycles. The first kappa shape index (κ1) is 26.3. The van der Waals surface area contributed by atoms with Crippen LogP contribution >= 0.6 is 0 Å². The van der Waals surface area contributed by atoms with Crippen molar-refractivity contribution in [3.8, 4) is 0 Å². The Hall–Kier alpha value is 0.371. The second-order valence-electron chi connectivity index (χ2n) is 5.62. The molecule has 21 heavy (non-hydrogen) atoms. The first-order valence-corrected chi connectivity index (χ1v) is 9.23. The maximum Gasteiger partial charge on any atom is 4.00 e. The maximum atomic E-state index is 2.45. The zero-order valence-electron chi connectivity index (χ0n) is 13.1. The van der Waals surface area contributed by atoms with E-state index in [-0.39, 0.29) is 58.9 Å². The summed E-state index contributed by atoms with van der Waals surface area (Å²) in [5.74, 6) is 0. The first-order valence-electron chi connectivity index (χ1n) is 6.23. The van der Waals surface area contributed by atoms with E-state index in [1.807, 2.05) is 0 Å². The molecule has 0 heterocycles. The smallest absolute Gasteiger partial charge is 1.00 e. The van der Waals surface area contributed by atoms with Crippen molar-refractivity contribution in [3.63, 3.8) is 0 Å². The number of benzene rings is 1. The minimum absolute atomic E-state index is 0. The maximum absolute atomic E-state index is 2.45. The fraction of sp³-hybridized carbons (Fsp3) is 0.312. The van der Waals surface area contributed by atoms with Crippen molar-refractivity contribution in [2.75, 3.05) is 0 Å². The SMILES string of the molecule is Cc1cc(C)cc([Si](C)(C)[c-]2cccc2C)c1.[Cl-].[Cl-].[Cl-].[Ti+4]. The van der Waals surface area contributed by atoms with E-state index in [4.69, 9.17) is 0 Å². The predicted octanol–water partition coefficient (Wildman–Crippen LogP) is -5.84. The van der Waals surface area contributed by atoms with Gasteiger partial charge in [-0.05, 0) is 13.8 Å². The van der Waals surface area contributed by atoms with Crippen LogP contribution in [0.2, 0.25) is 13.1 Å². The molecule has 0 bridgehead atoms. The largest absolute Gasteiger partial charge is 4.00 e. The molecule has 0 fully saturated rings. The van der Waals surface area contributed by atoms with Crippen molar-refractivity contribution < 1.29 is 58.9 Å². The zero-order valence-corrected chi connectivity index (χ0v) is 17.9. The number of aryl methyl sites for hydroxylation is 3. The Balaban J connectivity index is -0.000000810. The number of hydrogen-bond acceptors (Lipinski definition) is 0. The van der Waals surface area contributed by atoms with Crippen LogP contribution in [0.3, 0.4) is 0 Å². The molecule has 5 heteroatoms. The van der Waals surface area contributed by atoms with Gasteiger partial charge >= 0.3 is 21.7 Å². The van der Waals surface area contributed by atoms with E-state index in [9.17, 15) is 0 Å². The summed E-state index contributed by atoms with van der Waals surface area (Å²) >= 11 is 0. The molecule has 0 spiro atoms. The summed E-state index contributed by atoms with van der Waals surface area (Å²) in [6.07, 6.45) is 0. The van der Waals surface area contributed by atoms with Gasteiger partial charge in [0.2, 0.25) is 0 Å². The Morgan fingerprint density at radius 2 is 1.33 bits per heavy atom. The average molecular weight is 396 g/mol. The molecule has 114 valence electrons.